The van der Waals surface area contributed by atoms with Crippen LogP contribution < -0.4 is 14.2 Å². The standard InChI is InChI=1S/C26H32Cl2N4O4S/c1-18-15-29-24(31-37(33,34)23-6-4-5-11-26(23,2)28)25(30-18)36-17-20-7-8-21(27)22(14-20)35-16-19-9-12-32(3)13-10-19/h4-8,14-15,19H,9-13,16-17H2,1-3H3,(H,29,31). The highest BCUT2D eigenvalue weighted by Gasteiger charge is 2.36. The minimum atomic E-state index is -3.99. The van der Waals surface area contributed by atoms with Crippen molar-refractivity contribution in [2.75, 3.05) is 31.5 Å². The Hall–Kier alpha value is -2.33. The van der Waals surface area contributed by atoms with Crippen LogP contribution in [-0.2, 0) is 16.6 Å². The van der Waals surface area contributed by atoms with E-state index in [0.29, 0.717) is 35.4 Å². The van der Waals surface area contributed by atoms with Crippen LogP contribution in [0.4, 0.5) is 5.82 Å². The van der Waals surface area contributed by atoms with Crippen LogP contribution in [0.1, 0.15) is 37.4 Å². The number of likely N-dealkylation sites (tertiary alicyclic amines) is 1. The smallest absolute Gasteiger partial charge is 0.261 e. The molecule has 2 aromatic rings. The van der Waals surface area contributed by atoms with Crippen molar-refractivity contribution < 1.29 is 17.9 Å². The molecule has 1 N–H and O–H groups in total. The van der Waals surface area contributed by atoms with Crippen LogP contribution in [-0.4, -0.2) is 54.9 Å². The molecule has 37 heavy (non-hydrogen) atoms. The average Bonchev–Trinajstić information content (AvgIpc) is 2.84. The number of aryl methyl sites for hydroxylation is 1. The molecule has 0 spiro atoms. The van der Waals surface area contributed by atoms with Crippen molar-refractivity contribution >= 4 is 39.0 Å². The van der Waals surface area contributed by atoms with E-state index in [1.165, 1.54) is 12.3 Å². The van der Waals surface area contributed by atoms with Gasteiger partial charge in [0.2, 0.25) is 5.82 Å². The first-order valence-corrected chi connectivity index (χ1v) is 14.4. The van der Waals surface area contributed by atoms with Crippen molar-refractivity contribution in [2.45, 2.75) is 44.6 Å². The van der Waals surface area contributed by atoms with Crippen molar-refractivity contribution in [1.82, 2.24) is 14.9 Å². The summed E-state index contributed by atoms with van der Waals surface area (Å²) in [5, 5.41) is 0.527. The lowest BCUT2D eigenvalue weighted by Gasteiger charge is -2.28. The predicted octanol–water partition coefficient (Wildman–Crippen LogP) is 5.32. The second-order valence-corrected chi connectivity index (χ2v) is 12.6. The van der Waals surface area contributed by atoms with Crippen LogP contribution in [0.15, 0.2) is 47.5 Å². The molecule has 2 aliphatic rings. The van der Waals surface area contributed by atoms with Crippen LogP contribution in [0.2, 0.25) is 5.02 Å². The molecule has 2 heterocycles. The van der Waals surface area contributed by atoms with Gasteiger partial charge in [0.05, 0.1) is 33.3 Å². The number of halogens is 2. The molecule has 11 heteroatoms. The highest BCUT2D eigenvalue weighted by molar-refractivity contribution is 7.96. The zero-order valence-electron chi connectivity index (χ0n) is 21.2. The summed E-state index contributed by atoms with van der Waals surface area (Å²) < 4.78 is 40.7. The number of allylic oxidation sites excluding steroid dienone is 4. The SMILES string of the molecule is Cc1cnc(NS(=O)(=O)C2=CC=CCC2(C)Cl)c(OCc2ccc(Cl)c(OCC3CCN(C)CC3)c2)n1. The van der Waals surface area contributed by atoms with E-state index < -0.39 is 14.9 Å². The summed E-state index contributed by atoms with van der Waals surface area (Å²) in [7, 11) is -1.86. The van der Waals surface area contributed by atoms with E-state index in [0.717, 1.165) is 31.5 Å². The van der Waals surface area contributed by atoms with Crippen LogP contribution in [0.3, 0.4) is 0 Å². The molecule has 0 saturated carbocycles. The molecule has 0 amide bonds. The highest BCUT2D eigenvalue weighted by atomic mass is 35.5. The summed E-state index contributed by atoms with van der Waals surface area (Å²) in [6.07, 6.45) is 9.03. The van der Waals surface area contributed by atoms with Crippen molar-refractivity contribution in [3.8, 4) is 11.6 Å². The molecule has 1 fully saturated rings. The summed E-state index contributed by atoms with van der Waals surface area (Å²) in [6, 6.07) is 5.43. The second kappa shape index (κ2) is 11.6. The number of hydrogen-bond donors (Lipinski definition) is 1. The van der Waals surface area contributed by atoms with Gasteiger partial charge >= 0.3 is 0 Å². The second-order valence-electron chi connectivity index (χ2n) is 9.74. The number of nitrogens with one attached hydrogen (secondary N) is 1. The third-order valence-corrected chi connectivity index (χ3v) is 8.87. The Morgan fingerprint density at radius 1 is 1.24 bits per heavy atom. The Morgan fingerprint density at radius 2 is 2.00 bits per heavy atom. The molecule has 0 bridgehead atoms. The van der Waals surface area contributed by atoms with Crippen LogP contribution in [0.25, 0.3) is 0 Å². The van der Waals surface area contributed by atoms with E-state index in [2.05, 4.69) is 26.6 Å². The summed E-state index contributed by atoms with van der Waals surface area (Å²) in [4.78, 5) is 9.89. The zero-order valence-corrected chi connectivity index (χ0v) is 23.5. The van der Waals surface area contributed by atoms with Gasteiger partial charge in [0, 0.05) is 0 Å². The fourth-order valence-electron chi connectivity index (χ4n) is 4.23. The van der Waals surface area contributed by atoms with Gasteiger partial charge in [0.25, 0.3) is 15.9 Å². The number of anilines is 1. The third kappa shape index (κ3) is 7.16. The molecule has 0 radical (unpaired) electrons. The normalized spacial score (nSPS) is 20.9. The van der Waals surface area contributed by atoms with Gasteiger partial charge in [-0.15, -0.1) is 11.6 Å². The van der Waals surface area contributed by atoms with Gasteiger partial charge in [-0.3, -0.25) is 4.72 Å². The highest BCUT2D eigenvalue weighted by Crippen LogP contribution is 2.37. The number of benzene rings is 1. The van der Waals surface area contributed by atoms with Gasteiger partial charge in [0.15, 0.2) is 0 Å². The summed E-state index contributed by atoms with van der Waals surface area (Å²) in [5.74, 6) is 1.14. The van der Waals surface area contributed by atoms with Crippen LogP contribution in [0.5, 0.6) is 11.6 Å². The molecule has 1 aromatic carbocycles. The predicted molar refractivity (Wildman–Crippen MR) is 147 cm³/mol. The molecule has 8 nitrogen and oxygen atoms in total. The summed E-state index contributed by atoms with van der Waals surface area (Å²) >= 11 is 12.8. The first-order chi connectivity index (χ1) is 17.5. The Morgan fingerprint density at radius 3 is 2.73 bits per heavy atom. The number of aromatic nitrogens is 2. The number of sulfonamides is 1. The Balaban J connectivity index is 1.45. The van der Waals surface area contributed by atoms with E-state index in [9.17, 15) is 8.42 Å². The van der Waals surface area contributed by atoms with Gasteiger partial charge < -0.3 is 14.4 Å². The van der Waals surface area contributed by atoms with Crippen molar-refractivity contribution in [2.24, 2.45) is 5.92 Å². The number of alkyl halides is 1. The Kier molecular flexibility index (Phi) is 8.68. The molecule has 1 unspecified atom stereocenters. The molecule has 4 rings (SSSR count). The van der Waals surface area contributed by atoms with Gasteiger partial charge in [-0.2, -0.15) is 0 Å². The third-order valence-electron chi connectivity index (χ3n) is 6.46. The summed E-state index contributed by atoms with van der Waals surface area (Å²) in [6.45, 7) is 6.27. The lowest BCUT2D eigenvalue weighted by atomic mass is 9.98. The van der Waals surface area contributed by atoms with Crippen molar-refractivity contribution in [3.63, 3.8) is 0 Å². The fourth-order valence-corrected chi connectivity index (χ4v) is 6.27. The zero-order chi connectivity index (χ0) is 26.6. The maximum absolute atomic E-state index is 13.1. The molecule has 1 saturated heterocycles. The molecule has 1 atom stereocenters. The average molecular weight is 568 g/mol. The van der Waals surface area contributed by atoms with Crippen LogP contribution >= 0.6 is 23.2 Å². The van der Waals surface area contributed by atoms with E-state index in [-0.39, 0.29) is 23.2 Å². The molecule has 1 aliphatic carbocycles. The topological polar surface area (TPSA) is 93.7 Å². The minimum Gasteiger partial charge on any atom is -0.492 e. The van der Waals surface area contributed by atoms with E-state index in [1.54, 1.807) is 26.0 Å². The largest absolute Gasteiger partial charge is 0.492 e. The first-order valence-electron chi connectivity index (χ1n) is 12.2. The lowest BCUT2D eigenvalue weighted by Crippen LogP contribution is -2.32. The molecular weight excluding hydrogens is 535 g/mol. The molecule has 1 aliphatic heterocycles. The number of nitrogens with zero attached hydrogens (tertiary/aromatic N) is 3. The number of hydrogen-bond acceptors (Lipinski definition) is 7. The number of ether oxygens (including phenoxy) is 2. The van der Waals surface area contributed by atoms with Gasteiger partial charge in [-0.1, -0.05) is 29.8 Å². The number of piperidine rings is 1. The van der Waals surface area contributed by atoms with Crippen molar-refractivity contribution in [1.29, 1.82) is 0 Å². The van der Waals surface area contributed by atoms with Gasteiger partial charge in [0.1, 0.15) is 12.4 Å². The maximum atomic E-state index is 13.1. The van der Waals surface area contributed by atoms with E-state index in [4.69, 9.17) is 32.7 Å². The van der Waals surface area contributed by atoms with Crippen LogP contribution in [0, 0.1) is 12.8 Å². The lowest BCUT2D eigenvalue weighted by molar-refractivity contribution is 0.160. The Labute approximate surface area is 228 Å². The van der Waals surface area contributed by atoms with Crippen molar-refractivity contribution in [3.05, 3.63) is 63.8 Å². The minimum absolute atomic E-state index is 0.0128. The summed E-state index contributed by atoms with van der Waals surface area (Å²) in [5.41, 5.74) is 1.38. The maximum Gasteiger partial charge on any atom is 0.261 e. The van der Waals surface area contributed by atoms with Gasteiger partial charge in [-0.25, -0.2) is 18.4 Å². The van der Waals surface area contributed by atoms with E-state index in [1.807, 2.05) is 18.2 Å². The van der Waals surface area contributed by atoms with Gasteiger partial charge in [-0.05, 0) is 82.9 Å². The monoisotopic (exact) mass is 566 g/mol. The molecular formula is C26H32Cl2N4O4S. The fraction of sp³-hybridized carbons (Fsp3) is 0.462. The van der Waals surface area contributed by atoms with E-state index >= 15 is 0 Å². The molecule has 200 valence electrons. The first kappa shape index (κ1) is 27.7. The quantitative estimate of drug-likeness (QED) is 0.410. The molecule has 1 aromatic heterocycles. The Bertz CT molecular complexity index is 1290. The number of rotatable bonds is 9.